The molecule has 0 unspecified atom stereocenters. The van der Waals surface area contributed by atoms with Crippen molar-refractivity contribution >= 4 is 15.9 Å². The molecule has 2 fully saturated rings. The van der Waals surface area contributed by atoms with E-state index in [0.717, 1.165) is 26.2 Å². The van der Waals surface area contributed by atoms with E-state index in [4.69, 9.17) is 10.00 Å². The summed E-state index contributed by atoms with van der Waals surface area (Å²) in [5.74, 6) is 0.184. The molecule has 1 aromatic rings. The molecule has 1 saturated carbocycles. The van der Waals surface area contributed by atoms with Crippen molar-refractivity contribution in [3.05, 3.63) is 29.8 Å². The van der Waals surface area contributed by atoms with Gasteiger partial charge in [-0.25, -0.2) is 8.42 Å². The van der Waals surface area contributed by atoms with E-state index in [1.54, 1.807) is 7.11 Å². The minimum Gasteiger partial charge on any atom is -0.383 e. The maximum absolute atomic E-state index is 13.4. The molecule has 3 rings (SSSR count). The van der Waals surface area contributed by atoms with Crippen LogP contribution in [0.15, 0.2) is 29.2 Å². The first kappa shape index (κ1) is 25.6. The highest BCUT2D eigenvalue weighted by Gasteiger charge is 2.37. The van der Waals surface area contributed by atoms with Gasteiger partial charge >= 0.3 is 0 Å². The van der Waals surface area contributed by atoms with Crippen molar-refractivity contribution in [3.8, 4) is 6.07 Å². The lowest BCUT2D eigenvalue weighted by molar-refractivity contribution is -0.138. The Morgan fingerprint density at radius 3 is 2.24 bits per heavy atom. The summed E-state index contributed by atoms with van der Waals surface area (Å²) in [6, 6.07) is 8.36. The SMILES string of the molecule is COCCN(C1CCC(C(=O)N2CCN(C(C)C)CC2)CC1)S(=O)(=O)c1ccc(C#N)cc1. The fourth-order valence-corrected chi connectivity index (χ4v) is 6.51. The third kappa shape index (κ3) is 6.12. The van der Waals surface area contributed by atoms with Gasteiger partial charge < -0.3 is 9.64 Å². The van der Waals surface area contributed by atoms with Gasteiger partial charge in [0.05, 0.1) is 23.1 Å². The summed E-state index contributed by atoms with van der Waals surface area (Å²) in [5, 5.41) is 9.00. The molecule has 0 atom stereocenters. The van der Waals surface area contributed by atoms with Crippen LogP contribution in [0.3, 0.4) is 0 Å². The highest BCUT2D eigenvalue weighted by atomic mass is 32.2. The second kappa shape index (κ2) is 11.4. The molecule has 182 valence electrons. The molecule has 0 radical (unpaired) electrons. The second-order valence-corrected chi connectivity index (χ2v) is 11.1. The van der Waals surface area contributed by atoms with Crippen molar-refractivity contribution in [1.82, 2.24) is 14.1 Å². The van der Waals surface area contributed by atoms with Crippen LogP contribution in [0.4, 0.5) is 0 Å². The zero-order chi connectivity index (χ0) is 24.0. The molecule has 8 nitrogen and oxygen atoms in total. The number of amides is 1. The Balaban J connectivity index is 1.64. The normalized spacial score (nSPS) is 22.5. The van der Waals surface area contributed by atoms with Gasteiger partial charge in [0.2, 0.25) is 15.9 Å². The molecule has 1 saturated heterocycles. The number of carbonyl (C=O) groups excluding carboxylic acids is 1. The van der Waals surface area contributed by atoms with Crippen molar-refractivity contribution in [2.75, 3.05) is 46.4 Å². The molecule has 33 heavy (non-hydrogen) atoms. The zero-order valence-electron chi connectivity index (χ0n) is 19.9. The molecule has 0 bridgehead atoms. The third-order valence-electron chi connectivity index (χ3n) is 6.92. The monoisotopic (exact) mass is 476 g/mol. The Labute approximate surface area is 198 Å². The number of nitriles is 1. The van der Waals surface area contributed by atoms with Crippen molar-refractivity contribution in [2.24, 2.45) is 5.92 Å². The molecule has 1 heterocycles. The largest absolute Gasteiger partial charge is 0.383 e. The predicted octanol–water partition coefficient (Wildman–Crippen LogP) is 2.31. The summed E-state index contributed by atoms with van der Waals surface area (Å²) in [4.78, 5) is 17.6. The van der Waals surface area contributed by atoms with E-state index >= 15 is 0 Å². The van der Waals surface area contributed by atoms with Gasteiger partial charge in [-0.15, -0.1) is 0 Å². The number of benzene rings is 1. The van der Waals surface area contributed by atoms with Gasteiger partial charge in [-0.05, 0) is 63.8 Å². The minimum atomic E-state index is -3.73. The Morgan fingerprint density at radius 1 is 1.12 bits per heavy atom. The zero-order valence-corrected chi connectivity index (χ0v) is 20.8. The minimum absolute atomic E-state index is 0.0336. The van der Waals surface area contributed by atoms with Gasteiger partial charge in [0.25, 0.3) is 0 Å². The van der Waals surface area contributed by atoms with Gasteiger partial charge in [-0.3, -0.25) is 9.69 Å². The van der Waals surface area contributed by atoms with E-state index in [9.17, 15) is 13.2 Å². The average molecular weight is 477 g/mol. The van der Waals surface area contributed by atoms with E-state index in [2.05, 4.69) is 18.7 Å². The quantitative estimate of drug-likeness (QED) is 0.572. The lowest BCUT2D eigenvalue weighted by atomic mass is 9.85. The van der Waals surface area contributed by atoms with E-state index in [1.165, 1.54) is 28.6 Å². The maximum Gasteiger partial charge on any atom is 0.243 e. The number of sulfonamides is 1. The van der Waals surface area contributed by atoms with Gasteiger partial charge in [0.15, 0.2) is 0 Å². The van der Waals surface area contributed by atoms with Crippen molar-refractivity contribution in [1.29, 1.82) is 5.26 Å². The second-order valence-electron chi connectivity index (χ2n) is 9.21. The number of ether oxygens (including phenoxy) is 1. The molecular formula is C24H36N4O4S. The first-order chi connectivity index (χ1) is 15.8. The van der Waals surface area contributed by atoms with Gasteiger partial charge in [-0.2, -0.15) is 9.57 Å². The molecule has 0 aromatic heterocycles. The van der Waals surface area contributed by atoms with Gasteiger partial charge in [0.1, 0.15) is 0 Å². The highest BCUT2D eigenvalue weighted by molar-refractivity contribution is 7.89. The van der Waals surface area contributed by atoms with Crippen LogP contribution in [0.25, 0.3) is 0 Å². The van der Waals surface area contributed by atoms with Crippen LogP contribution in [-0.2, 0) is 19.6 Å². The predicted molar refractivity (Wildman–Crippen MR) is 126 cm³/mol. The number of hydrogen-bond donors (Lipinski definition) is 0. The van der Waals surface area contributed by atoms with Crippen LogP contribution in [0.1, 0.15) is 45.1 Å². The highest BCUT2D eigenvalue weighted by Crippen LogP contribution is 2.32. The molecule has 1 aliphatic heterocycles. The van der Waals surface area contributed by atoms with Crippen LogP contribution in [0.2, 0.25) is 0 Å². The first-order valence-electron chi connectivity index (χ1n) is 11.8. The molecule has 1 aromatic carbocycles. The van der Waals surface area contributed by atoms with Crippen LogP contribution >= 0.6 is 0 Å². The first-order valence-corrected chi connectivity index (χ1v) is 13.3. The van der Waals surface area contributed by atoms with Crippen LogP contribution in [-0.4, -0.2) is 87.0 Å². The Kier molecular flexibility index (Phi) is 8.88. The maximum atomic E-state index is 13.4. The van der Waals surface area contributed by atoms with Crippen LogP contribution in [0, 0.1) is 17.2 Å². The fraction of sp³-hybridized carbons (Fsp3) is 0.667. The molecule has 1 aliphatic carbocycles. The third-order valence-corrected chi connectivity index (χ3v) is 8.88. The fourth-order valence-electron chi connectivity index (χ4n) is 4.84. The van der Waals surface area contributed by atoms with Crippen molar-refractivity contribution in [2.45, 2.75) is 56.5 Å². The smallest absolute Gasteiger partial charge is 0.243 e. The number of hydrogen-bond acceptors (Lipinski definition) is 6. The number of rotatable bonds is 8. The Hall–Kier alpha value is -1.99. The standard InChI is InChI=1S/C24H36N4O4S/c1-19(2)26-12-14-27(15-13-26)24(29)21-6-8-22(9-7-21)28(16-17-32-3)33(30,31)23-10-4-20(18-25)5-11-23/h4-5,10-11,19,21-22H,6-9,12-17H2,1-3H3. The Bertz CT molecular complexity index is 926. The molecule has 2 aliphatic rings. The summed E-state index contributed by atoms with van der Waals surface area (Å²) in [6.07, 6.45) is 2.70. The lowest BCUT2D eigenvalue weighted by Gasteiger charge is -2.40. The van der Waals surface area contributed by atoms with E-state index in [0.29, 0.717) is 43.9 Å². The molecule has 1 amide bonds. The van der Waals surface area contributed by atoms with E-state index in [-0.39, 0.29) is 29.3 Å². The molecule has 0 spiro atoms. The van der Waals surface area contributed by atoms with Gasteiger partial charge in [0, 0.05) is 57.8 Å². The summed E-state index contributed by atoms with van der Waals surface area (Å²) in [7, 11) is -2.17. The number of methoxy groups -OCH3 is 1. The Morgan fingerprint density at radius 2 is 1.73 bits per heavy atom. The lowest BCUT2D eigenvalue weighted by Crippen LogP contribution is -2.52. The van der Waals surface area contributed by atoms with Crippen LogP contribution < -0.4 is 0 Å². The topological polar surface area (TPSA) is 93.9 Å². The van der Waals surface area contributed by atoms with E-state index < -0.39 is 10.0 Å². The summed E-state index contributed by atoms with van der Waals surface area (Å²) < 4.78 is 33.5. The van der Waals surface area contributed by atoms with Crippen molar-refractivity contribution < 1.29 is 17.9 Å². The average Bonchev–Trinajstić information content (AvgIpc) is 2.84. The number of carbonyl (C=O) groups is 1. The molecular weight excluding hydrogens is 440 g/mol. The van der Waals surface area contributed by atoms with Gasteiger partial charge in [-0.1, -0.05) is 0 Å². The van der Waals surface area contributed by atoms with Crippen molar-refractivity contribution in [3.63, 3.8) is 0 Å². The number of piperazine rings is 1. The summed E-state index contributed by atoms with van der Waals surface area (Å²) in [5.41, 5.74) is 0.422. The summed E-state index contributed by atoms with van der Waals surface area (Å²) >= 11 is 0. The molecule has 0 N–H and O–H groups in total. The molecule has 9 heteroatoms. The van der Waals surface area contributed by atoms with E-state index in [1.807, 2.05) is 11.0 Å². The number of nitrogens with zero attached hydrogens (tertiary/aromatic N) is 4. The summed E-state index contributed by atoms with van der Waals surface area (Å²) in [6.45, 7) is 8.28. The van der Waals surface area contributed by atoms with Crippen LogP contribution in [0.5, 0.6) is 0 Å².